The summed E-state index contributed by atoms with van der Waals surface area (Å²) >= 11 is 0. The van der Waals surface area contributed by atoms with Crippen molar-refractivity contribution in [1.29, 1.82) is 0 Å². The number of benzene rings is 2. The van der Waals surface area contributed by atoms with Gasteiger partial charge < -0.3 is 14.6 Å². The van der Waals surface area contributed by atoms with Crippen molar-refractivity contribution in [1.82, 2.24) is 0 Å². The summed E-state index contributed by atoms with van der Waals surface area (Å²) in [6.07, 6.45) is 1.78. The van der Waals surface area contributed by atoms with E-state index in [1.54, 1.807) is 14.2 Å². The minimum absolute atomic E-state index is 0.204. The number of aliphatic hydroxyl groups is 1. The van der Waals surface area contributed by atoms with Gasteiger partial charge in [-0.05, 0) is 41.0 Å². The third-order valence-electron chi connectivity index (χ3n) is 6.49. The van der Waals surface area contributed by atoms with Crippen molar-refractivity contribution < 1.29 is 14.6 Å². The topological polar surface area (TPSA) is 38.7 Å². The molecule has 1 N–H and O–H groups in total. The summed E-state index contributed by atoms with van der Waals surface area (Å²) in [4.78, 5) is 0. The lowest BCUT2D eigenvalue weighted by Crippen LogP contribution is -2.56. The molecule has 3 heteroatoms. The lowest BCUT2D eigenvalue weighted by Gasteiger charge is -2.62. The number of fused-ring (bicyclic) bond motifs is 9. The number of rotatable bonds is 3. The smallest absolute Gasteiger partial charge is 0.183 e. The van der Waals surface area contributed by atoms with Crippen LogP contribution in [0.1, 0.15) is 64.7 Å². The second-order valence-electron chi connectivity index (χ2n) is 7.28. The van der Waals surface area contributed by atoms with Gasteiger partial charge in [0.1, 0.15) is 5.60 Å². The Kier molecular flexibility index (Phi) is 3.00. The maximum absolute atomic E-state index is 11.8. The molecule has 0 amide bonds. The number of hydrogen-bond donors (Lipinski definition) is 1. The summed E-state index contributed by atoms with van der Waals surface area (Å²) in [6.45, 7) is 0. The first-order valence-corrected chi connectivity index (χ1v) is 8.71. The predicted molar refractivity (Wildman–Crippen MR) is 91.0 cm³/mol. The molecule has 2 aromatic rings. The van der Waals surface area contributed by atoms with Crippen molar-refractivity contribution in [2.24, 2.45) is 0 Å². The highest BCUT2D eigenvalue weighted by Gasteiger charge is 2.64. The van der Waals surface area contributed by atoms with Crippen molar-refractivity contribution in [2.45, 2.75) is 42.5 Å². The van der Waals surface area contributed by atoms with E-state index in [0.717, 1.165) is 24.0 Å². The molecule has 5 rings (SSSR count). The highest BCUT2D eigenvalue weighted by molar-refractivity contribution is 5.61. The molecule has 1 fully saturated rings. The zero-order chi connectivity index (χ0) is 16.5. The van der Waals surface area contributed by atoms with Gasteiger partial charge in [-0.25, -0.2) is 0 Å². The van der Waals surface area contributed by atoms with Crippen molar-refractivity contribution >= 4 is 0 Å². The van der Waals surface area contributed by atoms with Gasteiger partial charge in [-0.2, -0.15) is 0 Å². The highest BCUT2D eigenvalue weighted by Crippen LogP contribution is 2.71. The molecule has 24 heavy (non-hydrogen) atoms. The summed E-state index contributed by atoms with van der Waals surface area (Å²) in [6, 6.07) is 14.8. The Balaban J connectivity index is 1.67. The molecule has 0 bridgehead atoms. The van der Waals surface area contributed by atoms with Gasteiger partial charge in [0.15, 0.2) is 6.29 Å². The van der Waals surface area contributed by atoms with Crippen LogP contribution in [0.2, 0.25) is 0 Å². The maximum atomic E-state index is 11.8. The summed E-state index contributed by atoms with van der Waals surface area (Å²) in [5.41, 5.74) is 5.27. The minimum Gasteiger partial charge on any atom is -0.384 e. The van der Waals surface area contributed by atoms with Crippen molar-refractivity contribution in [3.8, 4) is 0 Å². The first-order chi connectivity index (χ1) is 11.7. The number of hydrogen-bond acceptors (Lipinski definition) is 3. The molecule has 0 heterocycles. The highest BCUT2D eigenvalue weighted by atomic mass is 16.7. The van der Waals surface area contributed by atoms with Crippen molar-refractivity contribution in [3.63, 3.8) is 0 Å². The van der Waals surface area contributed by atoms with E-state index < -0.39 is 11.9 Å². The summed E-state index contributed by atoms with van der Waals surface area (Å²) in [7, 11) is 3.30. The fourth-order valence-electron chi connectivity index (χ4n) is 5.61. The molecule has 1 saturated carbocycles. The van der Waals surface area contributed by atoms with E-state index in [1.807, 2.05) is 6.07 Å². The Bertz CT molecular complexity index is 810. The zero-order valence-corrected chi connectivity index (χ0v) is 14.0. The average Bonchev–Trinajstić information content (AvgIpc) is 2.59. The van der Waals surface area contributed by atoms with Gasteiger partial charge in [-0.1, -0.05) is 42.5 Å². The summed E-state index contributed by atoms with van der Waals surface area (Å²) in [5, 5.41) is 11.8. The standard InChI is InChI=1S/C21H22O3/c1-23-20(24-2)16-9-5-8-15-17-11-10-14-12-6-3-4-7-13(12)18(14)21(17,22)19(15)16/h3-9,14,17-18,20,22H,10-11H2,1-2H3. The van der Waals surface area contributed by atoms with Crippen LogP contribution in [0, 0.1) is 0 Å². The zero-order valence-electron chi connectivity index (χ0n) is 14.0. The lowest BCUT2D eigenvalue weighted by molar-refractivity contribution is -0.120. The molecular weight excluding hydrogens is 300 g/mol. The predicted octanol–water partition coefficient (Wildman–Crippen LogP) is 3.94. The number of methoxy groups -OCH3 is 2. The first kappa shape index (κ1) is 14.6. The second kappa shape index (κ2) is 4.92. The van der Waals surface area contributed by atoms with Gasteiger partial charge in [-0.15, -0.1) is 0 Å². The third-order valence-corrected chi connectivity index (χ3v) is 6.49. The minimum atomic E-state index is -0.779. The molecule has 4 atom stereocenters. The van der Waals surface area contributed by atoms with E-state index in [9.17, 15) is 5.11 Å². The molecule has 0 aliphatic heterocycles. The van der Waals surface area contributed by atoms with Gasteiger partial charge in [0, 0.05) is 31.6 Å². The number of ether oxygens (including phenoxy) is 2. The Morgan fingerprint density at radius 1 is 0.958 bits per heavy atom. The Labute approximate surface area is 142 Å². The van der Waals surface area contributed by atoms with Crippen LogP contribution in [0.5, 0.6) is 0 Å². The van der Waals surface area contributed by atoms with Crippen LogP contribution in [-0.4, -0.2) is 19.3 Å². The monoisotopic (exact) mass is 322 g/mol. The van der Waals surface area contributed by atoms with Crippen molar-refractivity contribution in [3.05, 3.63) is 70.3 Å². The van der Waals surface area contributed by atoms with Gasteiger partial charge in [0.25, 0.3) is 0 Å². The quantitative estimate of drug-likeness (QED) is 0.870. The molecule has 3 aliphatic rings. The normalized spacial score (nSPS) is 32.1. The molecule has 2 aromatic carbocycles. The van der Waals surface area contributed by atoms with Crippen LogP contribution in [0.4, 0.5) is 0 Å². The van der Waals surface area contributed by atoms with Gasteiger partial charge >= 0.3 is 0 Å². The van der Waals surface area contributed by atoms with Gasteiger partial charge in [0.05, 0.1) is 0 Å². The van der Waals surface area contributed by atoms with Crippen LogP contribution in [0.25, 0.3) is 0 Å². The third kappa shape index (κ3) is 1.53. The van der Waals surface area contributed by atoms with E-state index in [0.29, 0.717) is 5.92 Å². The van der Waals surface area contributed by atoms with Crippen LogP contribution in [0.3, 0.4) is 0 Å². The molecule has 3 aliphatic carbocycles. The maximum Gasteiger partial charge on any atom is 0.183 e. The Morgan fingerprint density at radius 3 is 2.42 bits per heavy atom. The van der Waals surface area contributed by atoms with E-state index in [2.05, 4.69) is 36.4 Å². The molecule has 3 nitrogen and oxygen atoms in total. The molecule has 124 valence electrons. The summed E-state index contributed by atoms with van der Waals surface area (Å²) in [5.74, 6) is 0.916. The average molecular weight is 322 g/mol. The van der Waals surface area contributed by atoms with E-state index >= 15 is 0 Å². The van der Waals surface area contributed by atoms with E-state index in [-0.39, 0.29) is 11.8 Å². The van der Waals surface area contributed by atoms with Gasteiger partial charge in [0.2, 0.25) is 0 Å². The van der Waals surface area contributed by atoms with Crippen LogP contribution in [-0.2, 0) is 15.1 Å². The molecule has 0 saturated heterocycles. The molecule has 0 radical (unpaired) electrons. The van der Waals surface area contributed by atoms with E-state index in [1.165, 1.54) is 16.7 Å². The molecule has 4 unspecified atom stereocenters. The van der Waals surface area contributed by atoms with E-state index in [4.69, 9.17) is 9.47 Å². The Morgan fingerprint density at radius 2 is 1.67 bits per heavy atom. The second-order valence-corrected chi connectivity index (χ2v) is 7.28. The fourth-order valence-corrected chi connectivity index (χ4v) is 5.61. The molecule has 0 aromatic heterocycles. The summed E-state index contributed by atoms with van der Waals surface area (Å²) < 4.78 is 11.0. The fraction of sp³-hybridized carbons (Fsp3) is 0.429. The lowest BCUT2D eigenvalue weighted by atomic mass is 9.44. The van der Waals surface area contributed by atoms with Crippen LogP contribution < -0.4 is 0 Å². The van der Waals surface area contributed by atoms with Crippen molar-refractivity contribution in [2.75, 3.05) is 14.2 Å². The molecular formula is C21H22O3. The van der Waals surface area contributed by atoms with Gasteiger partial charge in [-0.3, -0.25) is 0 Å². The van der Waals surface area contributed by atoms with Crippen LogP contribution >= 0.6 is 0 Å². The first-order valence-electron chi connectivity index (χ1n) is 8.71. The SMILES string of the molecule is COC(OC)c1cccc2c1C1(O)C2CCC2c3ccccc3C21. The molecule has 0 spiro atoms. The largest absolute Gasteiger partial charge is 0.384 e. The Hall–Kier alpha value is -1.68. The van der Waals surface area contributed by atoms with Crippen LogP contribution in [0.15, 0.2) is 42.5 Å².